The molecule has 8 heteroatoms. The third-order valence-electron chi connectivity index (χ3n) is 3.07. The van der Waals surface area contributed by atoms with Crippen molar-refractivity contribution in [1.29, 1.82) is 0 Å². The lowest BCUT2D eigenvalue weighted by Crippen LogP contribution is -2.17. The summed E-state index contributed by atoms with van der Waals surface area (Å²) in [7, 11) is -3.71. The van der Waals surface area contributed by atoms with Crippen LogP contribution in [-0.4, -0.2) is 31.8 Å². The summed E-state index contributed by atoms with van der Waals surface area (Å²) in [6.07, 6.45) is 0.749. The predicted molar refractivity (Wildman–Crippen MR) is 76.2 cm³/mol. The molecule has 2 N–H and O–H groups in total. The number of hydrogen-bond acceptors (Lipinski definition) is 5. The zero-order chi connectivity index (χ0) is 14.9. The second-order valence-electron chi connectivity index (χ2n) is 4.54. The third kappa shape index (κ3) is 2.80. The predicted octanol–water partition coefficient (Wildman–Crippen LogP) is 1.54. The fraction of sp³-hybridized carbons (Fsp3) is 0.308. The standard InChI is InChI=1S/C13H15N3O4S/c1-2-9-7-13(15-14-9)16-21(17,18)10-3-4-11-12(8-10)20-6-5-19-11/h3-4,7-8H,2,5-6H2,1H3,(H2,14,15,16). The van der Waals surface area contributed by atoms with Crippen molar-refractivity contribution in [2.24, 2.45) is 0 Å². The van der Waals surface area contributed by atoms with Gasteiger partial charge < -0.3 is 9.47 Å². The lowest BCUT2D eigenvalue weighted by Gasteiger charge is -2.18. The Bertz CT molecular complexity index is 755. The second-order valence-corrected chi connectivity index (χ2v) is 6.23. The van der Waals surface area contributed by atoms with Crippen LogP contribution in [0.25, 0.3) is 0 Å². The van der Waals surface area contributed by atoms with Crippen molar-refractivity contribution in [1.82, 2.24) is 10.2 Å². The van der Waals surface area contributed by atoms with E-state index in [1.807, 2.05) is 6.92 Å². The summed E-state index contributed by atoms with van der Waals surface area (Å²) in [5.41, 5.74) is 0.856. The van der Waals surface area contributed by atoms with Gasteiger partial charge in [0.2, 0.25) is 0 Å². The number of benzene rings is 1. The third-order valence-corrected chi connectivity index (χ3v) is 4.43. The molecule has 1 aromatic carbocycles. The minimum absolute atomic E-state index is 0.104. The summed E-state index contributed by atoms with van der Waals surface area (Å²) in [5, 5.41) is 6.67. The summed E-state index contributed by atoms with van der Waals surface area (Å²) < 4.78 is 37.8. The first-order valence-corrected chi connectivity index (χ1v) is 8.03. The Morgan fingerprint density at radius 2 is 2.00 bits per heavy atom. The van der Waals surface area contributed by atoms with Crippen LogP contribution in [0.3, 0.4) is 0 Å². The molecule has 0 saturated heterocycles. The largest absolute Gasteiger partial charge is 0.486 e. The lowest BCUT2D eigenvalue weighted by atomic mass is 10.3. The number of rotatable bonds is 4. The molecule has 1 aromatic heterocycles. The van der Waals surface area contributed by atoms with Gasteiger partial charge in [0.05, 0.1) is 4.90 Å². The van der Waals surface area contributed by atoms with Gasteiger partial charge in [-0.15, -0.1) is 0 Å². The fourth-order valence-electron chi connectivity index (χ4n) is 1.98. The van der Waals surface area contributed by atoms with Gasteiger partial charge in [0.25, 0.3) is 10.0 Å². The number of sulfonamides is 1. The molecule has 0 amide bonds. The van der Waals surface area contributed by atoms with Crippen LogP contribution in [0.2, 0.25) is 0 Å². The van der Waals surface area contributed by atoms with Gasteiger partial charge in [-0.2, -0.15) is 5.10 Å². The highest BCUT2D eigenvalue weighted by atomic mass is 32.2. The Hall–Kier alpha value is -2.22. The van der Waals surface area contributed by atoms with Gasteiger partial charge in [-0.3, -0.25) is 9.82 Å². The molecule has 1 aliphatic rings. The van der Waals surface area contributed by atoms with Crippen LogP contribution in [0.4, 0.5) is 5.82 Å². The van der Waals surface area contributed by atoms with Gasteiger partial charge >= 0.3 is 0 Å². The highest BCUT2D eigenvalue weighted by molar-refractivity contribution is 7.92. The van der Waals surface area contributed by atoms with Gasteiger partial charge in [-0.25, -0.2) is 8.42 Å². The van der Waals surface area contributed by atoms with E-state index < -0.39 is 10.0 Å². The highest BCUT2D eigenvalue weighted by Crippen LogP contribution is 2.32. The Morgan fingerprint density at radius 1 is 1.24 bits per heavy atom. The Morgan fingerprint density at radius 3 is 2.71 bits per heavy atom. The van der Waals surface area contributed by atoms with Crippen molar-refractivity contribution in [3.8, 4) is 11.5 Å². The maximum absolute atomic E-state index is 12.3. The van der Waals surface area contributed by atoms with Crippen LogP contribution < -0.4 is 14.2 Å². The lowest BCUT2D eigenvalue weighted by molar-refractivity contribution is 0.171. The first-order chi connectivity index (χ1) is 10.1. The number of aryl methyl sites for hydroxylation is 1. The SMILES string of the molecule is CCc1cc(NS(=O)(=O)c2ccc3c(c2)OCCO3)n[nH]1. The zero-order valence-electron chi connectivity index (χ0n) is 11.4. The Kier molecular flexibility index (Phi) is 3.46. The molecule has 0 spiro atoms. The maximum Gasteiger partial charge on any atom is 0.263 e. The van der Waals surface area contributed by atoms with Crippen LogP contribution in [-0.2, 0) is 16.4 Å². The number of H-pyrrole nitrogens is 1. The molecule has 7 nitrogen and oxygen atoms in total. The van der Waals surface area contributed by atoms with Crippen LogP contribution in [0.5, 0.6) is 11.5 Å². The highest BCUT2D eigenvalue weighted by Gasteiger charge is 2.20. The van der Waals surface area contributed by atoms with Gasteiger partial charge in [-0.05, 0) is 18.6 Å². The number of ether oxygens (including phenoxy) is 2. The molecule has 0 fully saturated rings. The Labute approximate surface area is 122 Å². The number of aromatic amines is 1. The van der Waals surface area contributed by atoms with E-state index in [1.54, 1.807) is 12.1 Å². The topological polar surface area (TPSA) is 93.3 Å². The summed E-state index contributed by atoms with van der Waals surface area (Å²) in [6, 6.07) is 6.17. The number of aromatic nitrogens is 2. The number of nitrogens with one attached hydrogen (secondary N) is 2. The summed E-state index contributed by atoms with van der Waals surface area (Å²) in [6.45, 7) is 2.82. The number of nitrogens with zero attached hydrogens (tertiary/aromatic N) is 1. The maximum atomic E-state index is 12.3. The van der Waals surface area contributed by atoms with E-state index in [9.17, 15) is 8.42 Å². The molecular formula is C13H15N3O4S. The molecule has 2 aromatic rings. The van der Waals surface area contributed by atoms with E-state index in [0.717, 1.165) is 12.1 Å². The number of hydrogen-bond donors (Lipinski definition) is 2. The first-order valence-electron chi connectivity index (χ1n) is 6.55. The van der Waals surface area contributed by atoms with Crippen molar-refractivity contribution >= 4 is 15.8 Å². The summed E-state index contributed by atoms with van der Waals surface area (Å²) in [4.78, 5) is 0.104. The number of anilines is 1. The molecule has 2 heterocycles. The van der Waals surface area contributed by atoms with E-state index in [0.29, 0.717) is 24.7 Å². The average Bonchev–Trinajstić information content (AvgIpc) is 2.93. The molecule has 3 rings (SSSR count). The van der Waals surface area contributed by atoms with Gasteiger partial charge in [0, 0.05) is 17.8 Å². The normalized spacial score (nSPS) is 14.0. The van der Waals surface area contributed by atoms with E-state index in [2.05, 4.69) is 14.9 Å². The van der Waals surface area contributed by atoms with Crippen molar-refractivity contribution in [2.45, 2.75) is 18.2 Å². The average molecular weight is 309 g/mol. The van der Waals surface area contributed by atoms with E-state index in [4.69, 9.17) is 9.47 Å². The molecule has 21 heavy (non-hydrogen) atoms. The zero-order valence-corrected chi connectivity index (χ0v) is 12.2. The summed E-state index contributed by atoms with van der Waals surface area (Å²) in [5.74, 6) is 1.25. The molecule has 0 unspecified atom stereocenters. The van der Waals surface area contributed by atoms with Crippen LogP contribution in [0, 0.1) is 0 Å². The van der Waals surface area contributed by atoms with Crippen molar-refractivity contribution in [3.63, 3.8) is 0 Å². The van der Waals surface area contributed by atoms with Crippen molar-refractivity contribution < 1.29 is 17.9 Å². The fourth-order valence-corrected chi connectivity index (χ4v) is 2.99. The van der Waals surface area contributed by atoms with Crippen LogP contribution >= 0.6 is 0 Å². The van der Waals surface area contributed by atoms with Gasteiger partial charge in [0.15, 0.2) is 17.3 Å². The first kappa shape index (κ1) is 13.7. The van der Waals surface area contributed by atoms with Gasteiger partial charge in [0.1, 0.15) is 13.2 Å². The second kappa shape index (κ2) is 5.28. The molecule has 0 saturated carbocycles. The quantitative estimate of drug-likeness (QED) is 0.893. The minimum atomic E-state index is -3.71. The van der Waals surface area contributed by atoms with Crippen molar-refractivity contribution in [3.05, 3.63) is 30.0 Å². The molecule has 0 aliphatic carbocycles. The Balaban J connectivity index is 1.87. The van der Waals surface area contributed by atoms with Crippen LogP contribution in [0.1, 0.15) is 12.6 Å². The minimum Gasteiger partial charge on any atom is -0.486 e. The van der Waals surface area contributed by atoms with Gasteiger partial charge in [-0.1, -0.05) is 6.92 Å². The molecule has 112 valence electrons. The number of fused-ring (bicyclic) bond motifs is 1. The van der Waals surface area contributed by atoms with E-state index >= 15 is 0 Å². The van der Waals surface area contributed by atoms with E-state index in [-0.39, 0.29) is 10.7 Å². The summed E-state index contributed by atoms with van der Waals surface area (Å²) >= 11 is 0. The molecule has 0 atom stereocenters. The molecule has 1 aliphatic heterocycles. The molecule has 0 radical (unpaired) electrons. The van der Waals surface area contributed by atoms with E-state index in [1.165, 1.54) is 12.1 Å². The monoisotopic (exact) mass is 309 g/mol. The molecule has 0 bridgehead atoms. The van der Waals surface area contributed by atoms with Crippen LogP contribution in [0.15, 0.2) is 29.2 Å². The molecular weight excluding hydrogens is 294 g/mol. The smallest absolute Gasteiger partial charge is 0.263 e. The van der Waals surface area contributed by atoms with Crippen molar-refractivity contribution in [2.75, 3.05) is 17.9 Å².